The Hall–Kier alpha value is -2.37. The molecule has 1 aliphatic carbocycles. The van der Waals surface area contributed by atoms with Crippen LogP contribution in [-0.4, -0.2) is 31.4 Å². The molecule has 3 N–H and O–H groups in total. The molecule has 0 radical (unpaired) electrons. The first-order chi connectivity index (χ1) is 13.4. The second-order valence-corrected chi connectivity index (χ2v) is 7.79. The minimum absolute atomic E-state index is 0.0819. The van der Waals surface area contributed by atoms with Gasteiger partial charge in [-0.3, -0.25) is 9.59 Å². The van der Waals surface area contributed by atoms with Crippen molar-refractivity contribution in [2.75, 3.05) is 30.3 Å². The predicted octanol–water partition coefficient (Wildman–Crippen LogP) is 2.62. The summed E-state index contributed by atoms with van der Waals surface area (Å²) in [6, 6.07) is 11.5. The predicted molar refractivity (Wildman–Crippen MR) is 113 cm³/mol. The first-order valence-electron chi connectivity index (χ1n) is 9.76. The smallest absolute Gasteiger partial charge is 0.279 e. The molecule has 0 aliphatic heterocycles. The van der Waals surface area contributed by atoms with Crippen LogP contribution in [0, 0.1) is 6.92 Å². The summed E-state index contributed by atoms with van der Waals surface area (Å²) in [7, 11) is 0. The average molecular weight is 401 g/mol. The molecule has 148 valence electrons. The lowest BCUT2D eigenvalue weighted by atomic mass is 10.1. The van der Waals surface area contributed by atoms with E-state index in [-0.39, 0.29) is 24.9 Å². The van der Waals surface area contributed by atoms with Crippen LogP contribution in [0.3, 0.4) is 0 Å². The topological polar surface area (TPSA) is 62.6 Å². The lowest BCUT2D eigenvalue weighted by Gasteiger charge is -2.17. The van der Waals surface area contributed by atoms with Gasteiger partial charge in [0.25, 0.3) is 11.8 Å². The Kier molecular flexibility index (Phi) is 6.70. The number of fused-ring (bicyclic) bond motifs is 1. The van der Waals surface area contributed by atoms with Crippen LogP contribution in [0.4, 0.5) is 11.4 Å². The zero-order valence-electron chi connectivity index (χ0n) is 16.4. The first kappa shape index (κ1) is 20.4. The third-order valence-corrected chi connectivity index (χ3v) is 5.41. The molecule has 3 rings (SSSR count). The molecule has 0 spiro atoms. The number of anilines is 2. The van der Waals surface area contributed by atoms with Crippen molar-refractivity contribution in [1.29, 1.82) is 0 Å². The second-order valence-electron chi connectivity index (χ2n) is 7.35. The number of carbonyl (C=O) groups excluding carboxylic acids is 2. The van der Waals surface area contributed by atoms with E-state index in [1.54, 1.807) is 12.1 Å². The highest BCUT2D eigenvalue weighted by Crippen LogP contribution is 2.24. The van der Waals surface area contributed by atoms with Crippen LogP contribution in [-0.2, 0) is 22.4 Å². The SMILES string of the molecule is CC[NH+](CC(=O)Nc1ccc2c(c1)CCC2)CC(=O)Nc1cc(Cl)ccc1C. The van der Waals surface area contributed by atoms with Crippen molar-refractivity contribution < 1.29 is 14.5 Å². The molecule has 1 atom stereocenters. The van der Waals surface area contributed by atoms with Crippen molar-refractivity contribution in [3.8, 4) is 0 Å². The first-order valence-corrected chi connectivity index (χ1v) is 10.1. The van der Waals surface area contributed by atoms with Crippen LogP contribution >= 0.6 is 11.6 Å². The summed E-state index contributed by atoms with van der Waals surface area (Å²) in [6.07, 6.45) is 3.38. The van der Waals surface area contributed by atoms with Crippen LogP contribution in [0.2, 0.25) is 5.02 Å². The molecule has 5 nitrogen and oxygen atoms in total. The zero-order valence-corrected chi connectivity index (χ0v) is 17.2. The molecule has 0 fully saturated rings. The second kappa shape index (κ2) is 9.22. The van der Waals surface area contributed by atoms with Crippen molar-refractivity contribution in [2.24, 2.45) is 0 Å². The fourth-order valence-corrected chi connectivity index (χ4v) is 3.72. The molecule has 1 unspecified atom stereocenters. The minimum atomic E-state index is -0.132. The van der Waals surface area contributed by atoms with Crippen LogP contribution < -0.4 is 15.5 Å². The van der Waals surface area contributed by atoms with Gasteiger partial charge >= 0.3 is 0 Å². The normalized spacial score (nSPS) is 13.7. The maximum Gasteiger partial charge on any atom is 0.279 e. The Balaban J connectivity index is 1.53. The van der Waals surface area contributed by atoms with E-state index in [4.69, 9.17) is 11.6 Å². The van der Waals surface area contributed by atoms with Gasteiger partial charge in [0, 0.05) is 16.4 Å². The Bertz CT molecular complexity index is 882. The van der Waals surface area contributed by atoms with Crippen LogP contribution in [0.5, 0.6) is 0 Å². The number of benzene rings is 2. The molecule has 2 aromatic rings. The number of hydrogen-bond donors (Lipinski definition) is 3. The van der Waals surface area contributed by atoms with Crippen molar-refractivity contribution in [3.63, 3.8) is 0 Å². The van der Waals surface area contributed by atoms with Crippen molar-refractivity contribution in [3.05, 3.63) is 58.1 Å². The van der Waals surface area contributed by atoms with E-state index in [0.29, 0.717) is 17.3 Å². The van der Waals surface area contributed by atoms with Crippen LogP contribution in [0.25, 0.3) is 0 Å². The highest BCUT2D eigenvalue weighted by molar-refractivity contribution is 6.31. The number of halogens is 1. The molecule has 0 aromatic heterocycles. The Morgan fingerprint density at radius 1 is 1.00 bits per heavy atom. The Morgan fingerprint density at radius 2 is 1.71 bits per heavy atom. The number of likely N-dealkylation sites (N-methyl/N-ethyl adjacent to an activating group) is 1. The fourth-order valence-electron chi connectivity index (χ4n) is 3.54. The van der Waals surface area contributed by atoms with E-state index < -0.39 is 0 Å². The number of nitrogens with one attached hydrogen (secondary N) is 3. The quantitative estimate of drug-likeness (QED) is 0.669. The summed E-state index contributed by atoms with van der Waals surface area (Å²) in [5.41, 5.74) is 5.20. The molecular formula is C22H27ClN3O2+. The highest BCUT2D eigenvalue weighted by atomic mass is 35.5. The standard InChI is InChI=1S/C22H26ClN3O2/c1-3-26(14-22(28)25-20-12-18(23)9-7-15(20)2)13-21(27)24-19-10-8-16-5-4-6-17(16)11-19/h7-12H,3-6,13-14H2,1-2H3,(H,24,27)(H,25,28)/p+1. The Labute approximate surface area is 171 Å². The molecule has 0 saturated heterocycles. The van der Waals surface area contributed by atoms with Crippen molar-refractivity contribution in [1.82, 2.24) is 0 Å². The monoisotopic (exact) mass is 400 g/mol. The zero-order chi connectivity index (χ0) is 20.1. The molecular weight excluding hydrogens is 374 g/mol. The molecule has 0 bridgehead atoms. The van der Waals surface area contributed by atoms with Gasteiger partial charge < -0.3 is 15.5 Å². The van der Waals surface area contributed by atoms with Crippen molar-refractivity contribution >= 4 is 34.8 Å². The van der Waals surface area contributed by atoms with Gasteiger partial charge in [0.15, 0.2) is 13.1 Å². The molecule has 2 aromatic carbocycles. The van der Waals surface area contributed by atoms with E-state index in [0.717, 1.165) is 29.0 Å². The number of amides is 2. The molecule has 28 heavy (non-hydrogen) atoms. The average Bonchev–Trinajstić information content (AvgIpc) is 3.12. The maximum atomic E-state index is 12.4. The van der Waals surface area contributed by atoms with E-state index >= 15 is 0 Å². The number of quaternary nitrogens is 1. The van der Waals surface area contributed by atoms with E-state index in [2.05, 4.69) is 22.8 Å². The summed E-state index contributed by atoms with van der Waals surface area (Å²) in [5.74, 6) is -0.214. The van der Waals surface area contributed by atoms with E-state index in [9.17, 15) is 9.59 Å². The van der Waals surface area contributed by atoms with Gasteiger partial charge in [-0.15, -0.1) is 0 Å². The maximum absolute atomic E-state index is 12.4. The lowest BCUT2D eigenvalue weighted by Crippen LogP contribution is -3.13. The van der Waals surface area contributed by atoms with E-state index in [1.165, 1.54) is 17.5 Å². The third-order valence-electron chi connectivity index (χ3n) is 5.18. The lowest BCUT2D eigenvalue weighted by molar-refractivity contribution is -0.881. The molecule has 0 heterocycles. The molecule has 6 heteroatoms. The largest absolute Gasteiger partial charge is 0.321 e. The molecule has 1 aliphatic rings. The molecule has 2 amide bonds. The highest BCUT2D eigenvalue weighted by Gasteiger charge is 2.18. The van der Waals surface area contributed by atoms with Gasteiger partial charge in [0.2, 0.25) is 0 Å². The minimum Gasteiger partial charge on any atom is -0.321 e. The fraction of sp³-hybridized carbons (Fsp3) is 0.364. The molecule has 0 saturated carbocycles. The third kappa shape index (κ3) is 5.33. The number of hydrogen-bond acceptors (Lipinski definition) is 2. The Morgan fingerprint density at radius 3 is 2.46 bits per heavy atom. The number of carbonyl (C=O) groups is 2. The summed E-state index contributed by atoms with van der Waals surface area (Å²) < 4.78 is 0. The number of aryl methyl sites for hydroxylation is 3. The van der Waals surface area contributed by atoms with Crippen molar-refractivity contribution in [2.45, 2.75) is 33.1 Å². The van der Waals surface area contributed by atoms with Gasteiger partial charge in [0.1, 0.15) is 0 Å². The van der Waals surface area contributed by atoms with Crippen LogP contribution in [0.1, 0.15) is 30.0 Å². The van der Waals surface area contributed by atoms with Gasteiger partial charge in [-0.05, 0) is 74.1 Å². The summed E-state index contributed by atoms with van der Waals surface area (Å²) >= 11 is 6.00. The summed E-state index contributed by atoms with van der Waals surface area (Å²) in [4.78, 5) is 25.7. The van der Waals surface area contributed by atoms with Gasteiger partial charge in [-0.1, -0.05) is 23.7 Å². The number of rotatable bonds is 7. The van der Waals surface area contributed by atoms with Gasteiger partial charge in [-0.2, -0.15) is 0 Å². The van der Waals surface area contributed by atoms with E-state index in [1.807, 2.05) is 26.0 Å². The van der Waals surface area contributed by atoms with Gasteiger partial charge in [-0.25, -0.2) is 0 Å². The summed E-state index contributed by atoms with van der Waals surface area (Å²) in [5, 5.41) is 6.44. The summed E-state index contributed by atoms with van der Waals surface area (Å²) in [6.45, 7) is 5.03. The van der Waals surface area contributed by atoms with Crippen LogP contribution in [0.15, 0.2) is 36.4 Å². The van der Waals surface area contributed by atoms with Gasteiger partial charge in [0.05, 0.1) is 6.54 Å².